The van der Waals surface area contributed by atoms with E-state index in [2.05, 4.69) is 15.0 Å². The van der Waals surface area contributed by atoms with Crippen LogP contribution in [0.5, 0.6) is 5.75 Å². The first-order chi connectivity index (χ1) is 6.35. The number of aliphatic hydroxyl groups is 1. The van der Waals surface area contributed by atoms with Crippen molar-refractivity contribution in [2.45, 2.75) is 6.61 Å². The molecule has 2 aromatic rings. The highest BCUT2D eigenvalue weighted by Crippen LogP contribution is 2.20. The van der Waals surface area contributed by atoms with E-state index < -0.39 is 0 Å². The molecular weight excluding hydrogens is 170 g/mol. The molecule has 2 N–H and O–H groups in total. The molecule has 0 aliphatic heterocycles. The average Bonchev–Trinajstić information content (AvgIpc) is 2.59. The number of hydrogen-bond donors (Lipinski definition) is 2. The molecule has 0 unspecified atom stereocenters. The number of fused-ring (bicyclic) bond motifs is 1. The van der Waals surface area contributed by atoms with Crippen molar-refractivity contribution in [3.63, 3.8) is 0 Å². The van der Waals surface area contributed by atoms with E-state index in [1.54, 1.807) is 19.4 Å². The molecule has 0 amide bonds. The normalized spacial score (nSPS) is 10.6. The minimum atomic E-state index is -0.125. The van der Waals surface area contributed by atoms with Crippen molar-refractivity contribution >= 4 is 11.2 Å². The van der Waals surface area contributed by atoms with Gasteiger partial charge in [-0.2, -0.15) is 0 Å². The molecule has 0 saturated heterocycles. The number of imidazole rings is 1. The maximum Gasteiger partial charge on any atom is 0.181 e. The predicted molar refractivity (Wildman–Crippen MR) is 46.4 cm³/mol. The van der Waals surface area contributed by atoms with Gasteiger partial charge in [0.15, 0.2) is 5.65 Å². The number of hydrogen-bond acceptors (Lipinski definition) is 4. The van der Waals surface area contributed by atoms with E-state index in [9.17, 15) is 0 Å². The van der Waals surface area contributed by atoms with E-state index in [0.717, 1.165) is 0 Å². The van der Waals surface area contributed by atoms with Gasteiger partial charge >= 0.3 is 0 Å². The minimum Gasteiger partial charge on any atom is -0.494 e. The highest BCUT2D eigenvalue weighted by Gasteiger charge is 2.06. The van der Waals surface area contributed by atoms with E-state index in [0.29, 0.717) is 22.7 Å². The molecule has 13 heavy (non-hydrogen) atoms. The Hall–Kier alpha value is -1.62. The average molecular weight is 179 g/mol. The Balaban J connectivity index is 2.67. The zero-order valence-electron chi connectivity index (χ0n) is 7.11. The van der Waals surface area contributed by atoms with Gasteiger partial charge in [0, 0.05) is 12.3 Å². The third-order valence-corrected chi connectivity index (χ3v) is 1.77. The van der Waals surface area contributed by atoms with Crippen molar-refractivity contribution < 1.29 is 9.84 Å². The van der Waals surface area contributed by atoms with Gasteiger partial charge < -0.3 is 14.8 Å². The zero-order chi connectivity index (χ0) is 9.26. The highest BCUT2D eigenvalue weighted by atomic mass is 16.5. The maximum absolute atomic E-state index is 8.84. The first kappa shape index (κ1) is 8.00. The summed E-state index contributed by atoms with van der Waals surface area (Å²) in [7, 11) is 1.58. The molecule has 0 radical (unpaired) electrons. The summed E-state index contributed by atoms with van der Waals surface area (Å²) in [6, 6.07) is 1.74. The molecule has 0 spiro atoms. The molecular formula is C8H9N3O2. The van der Waals surface area contributed by atoms with E-state index in [1.807, 2.05) is 0 Å². The molecule has 0 saturated carbocycles. The van der Waals surface area contributed by atoms with Gasteiger partial charge in [0.25, 0.3) is 0 Å². The van der Waals surface area contributed by atoms with Crippen molar-refractivity contribution in [1.82, 2.24) is 15.0 Å². The summed E-state index contributed by atoms with van der Waals surface area (Å²) in [5.74, 6) is 1.17. The fraction of sp³-hybridized carbons (Fsp3) is 0.250. The summed E-state index contributed by atoms with van der Waals surface area (Å²) in [5, 5.41) is 8.84. The lowest BCUT2D eigenvalue weighted by atomic mass is 10.4. The number of nitrogens with zero attached hydrogens (tertiary/aromatic N) is 2. The van der Waals surface area contributed by atoms with Crippen molar-refractivity contribution in [1.29, 1.82) is 0 Å². The Labute approximate surface area is 74.4 Å². The number of rotatable bonds is 2. The van der Waals surface area contributed by atoms with E-state index >= 15 is 0 Å². The predicted octanol–water partition coefficient (Wildman–Crippen LogP) is 0.459. The Kier molecular flexibility index (Phi) is 1.86. The Bertz CT molecular complexity index is 424. The topological polar surface area (TPSA) is 71.0 Å². The summed E-state index contributed by atoms with van der Waals surface area (Å²) in [4.78, 5) is 11.0. The van der Waals surface area contributed by atoms with Gasteiger partial charge in [-0.25, -0.2) is 9.97 Å². The first-order valence-corrected chi connectivity index (χ1v) is 3.83. The van der Waals surface area contributed by atoms with Crippen LogP contribution in [0.25, 0.3) is 11.2 Å². The van der Waals surface area contributed by atoms with Crippen molar-refractivity contribution in [3.05, 3.63) is 18.1 Å². The van der Waals surface area contributed by atoms with Crippen LogP contribution in [0.3, 0.4) is 0 Å². The van der Waals surface area contributed by atoms with Crippen LogP contribution in [0.1, 0.15) is 5.82 Å². The third-order valence-electron chi connectivity index (χ3n) is 1.77. The number of aromatic nitrogens is 3. The van der Waals surface area contributed by atoms with Gasteiger partial charge in [-0.1, -0.05) is 0 Å². The number of H-pyrrole nitrogens is 1. The second-order valence-electron chi connectivity index (χ2n) is 2.55. The van der Waals surface area contributed by atoms with Crippen LogP contribution >= 0.6 is 0 Å². The Morgan fingerprint density at radius 1 is 1.62 bits per heavy atom. The summed E-state index contributed by atoms with van der Waals surface area (Å²) < 4.78 is 5.09. The molecule has 0 aliphatic carbocycles. The third kappa shape index (κ3) is 1.23. The molecule has 0 fully saturated rings. The second kappa shape index (κ2) is 3.02. The fourth-order valence-corrected chi connectivity index (χ4v) is 1.18. The van der Waals surface area contributed by atoms with Crippen LogP contribution in [-0.4, -0.2) is 27.2 Å². The molecule has 68 valence electrons. The van der Waals surface area contributed by atoms with Gasteiger partial charge in [0.2, 0.25) is 0 Å². The summed E-state index contributed by atoms with van der Waals surface area (Å²) in [6.07, 6.45) is 1.61. The lowest BCUT2D eigenvalue weighted by Gasteiger charge is -1.97. The summed E-state index contributed by atoms with van der Waals surface area (Å²) >= 11 is 0. The van der Waals surface area contributed by atoms with E-state index in [-0.39, 0.29) is 6.61 Å². The quantitative estimate of drug-likeness (QED) is 0.702. The molecule has 2 aromatic heterocycles. The van der Waals surface area contributed by atoms with Gasteiger partial charge in [0.1, 0.15) is 23.7 Å². The van der Waals surface area contributed by atoms with Gasteiger partial charge in [-0.3, -0.25) is 0 Å². The fourth-order valence-electron chi connectivity index (χ4n) is 1.18. The van der Waals surface area contributed by atoms with Crippen molar-refractivity contribution in [3.8, 4) is 5.75 Å². The van der Waals surface area contributed by atoms with Crippen LogP contribution in [0, 0.1) is 0 Å². The van der Waals surface area contributed by atoms with Gasteiger partial charge in [-0.05, 0) is 0 Å². The maximum atomic E-state index is 8.84. The van der Waals surface area contributed by atoms with E-state index in [4.69, 9.17) is 9.84 Å². The number of pyridine rings is 1. The van der Waals surface area contributed by atoms with Crippen LogP contribution < -0.4 is 4.74 Å². The van der Waals surface area contributed by atoms with Crippen molar-refractivity contribution in [2.24, 2.45) is 0 Å². The smallest absolute Gasteiger partial charge is 0.181 e. The largest absolute Gasteiger partial charge is 0.494 e. The number of nitrogens with one attached hydrogen (secondary N) is 1. The molecule has 0 aliphatic rings. The number of ether oxygens (including phenoxy) is 1. The molecule has 0 atom stereocenters. The standard InChI is InChI=1S/C8H9N3O2/c1-13-5-2-3-9-8-7(5)10-6(4-12)11-8/h2-3,12H,4H2,1H3,(H,9,10,11). The molecule has 5 nitrogen and oxygen atoms in total. The van der Waals surface area contributed by atoms with Gasteiger partial charge in [0.05, 0.1) is 7.11 Å². The van der Waals surface area contributed by atoms with Crippen LogP contribution in [-0.2, 0) is 6.61 Å². The van der Waals surface area contributed by atoms with Crippen molar-refractivity contribution in [2.75, 3.05) is 7.11 Å². The Morgan fingerprint density at radius 2 is 2.46 bits per heavy atom. The summed E-state index contributed by atoms with van der Waals surface area (Å²) in [5.41, 5.74) is 1.28. The number of aliphatic hydroxyl groups excluding tert-OH is 1. The molecule has 5 heteroatoms. The first-order valence-electron chi connectivity index (χ1n) is 3.83. The minimum absolute atomic E-state index is 0.125. The number of methoxy groups -OCH3 is 1. The van der Waals surface area contributed by atoms with Crippen LogP contribution in [0.2, 0.25) is 0 Å². The lowest BCUT2D eigenvalue weighted by molar-refractivity contribution is 0.273. The van der Waals surface area contributed by atoms with Crippen LogP contribution in [0.4, 0.5) is 0 Å². The Morgan fingerprint density at radius 3 is 3.15 bits per heavy atom. The molecule has 0 aromatic carbocycles. The molecule has 2 heterocycles. The molecule has 2 rings (SSSR count). The zero-order valence-corrected chi connectivity index (χ0v) is 7.11. The van der Waals surface area contributed by atoms with E-state index in [1.165, 1.54) is 0 Å². The van der Waals surface area contributed by atoms with Gasteiger partial charge in [-0.15, -0.1) is 0 Å². The summed E-state index contributed by atoms with van der Waals surface area (Å²) in [6.45, 7) is -0.125. The SMILES string of the molecule is COc1ccnc2nc(CO)[nH]c12. The lowest BCUT2D eigenvalue weighted by Crippen LogP contribution is -1.85. The molecule has 0 bridgehead atoms. The monoisotopic (exact) mass is 179 g/mol. The number of aromatic amines is 1. The highest BCUT2D eigenvalue weighted by molar-refractivity contribution is 5.77. The van der Waals surface area contributed by atoms with Crippen LogP contribution in [0.15, 0.2) is 12.3 Å². The second-order valence-corrected chi connectivity index (χ2v) is 2.55.